The number of carbonyl (C=O) groups is 1. The number of aryl methyl sites for hydroxylation is 1. The summed E-state index contributed by atoms with van der Waals surface area (Å²) in [5.74, 6) is -0.332. The van der Waals surface area contributed by atoms with Crippen molar-refractivity contribution in [2.24, 2.45) is 0 Å². The molecule has 0 saturated carbocycles. The number of carbonyl (C=O) groups excluding carboxylic acids is 1. The maximum absolute atomic E-state index is 11.8. The van der Waals surface area contributed by atoms with Crippen molar-refractivity contribution in [2.45, 2.75) is 13.3 Å². The van der Waals surface area contributed by atoms with Gasteiger partial charge in [0.05, 0.1) is 10.6 Å². The Morgan fingerprint density at radius 1 is 1.53 bits per heavy atom. The standard InChI is InChI=1S/C10H9ClN4OS/c1-2-8-14-15-10(17-8)13-9(16)6-5-12-4-3-7(6)11/h3-5H,2H2,1H3,(H,13,15,16). The molecule has 5 nitrogen and oxygen atoms in total. The van der Waals surface area contributed by atoms with Gasteiger partial charge in [0, 0.05) is 12.4 Å². The maximum atomic E-state index is 11.8. The zero-order valence-electron chi connectivity index (χ0n) is 8.98. The zero-order chi connectivity index (χ0) is 12.3. The van der Waals surface area contributed by atoms with Crippen LogP contribution in [0.5, 0.6) is 0 Å². The predicted molar refractivity (Wildman–Crippen MR) is 66.5 cm³/mol. The van der Waals surface area contributed by atoms with Gasteiger partial charge in [0.15, 0.2) is 0 Å². The lowest BCUT2D eigenvalue weighted by Crippen LogP contribution is -2.12. The van der Waals surface area contributed by atoms with Crippen molar-refractivity contribution < 1.29 is 4.79 Å². The van der Waals surface area contributed by atoms with E-state index < -0.39 is 0 Å². The second-order valence-corrected chi connectivity index (χ2v) is 4.63. The van der Waals surface area contributed by atoms with Crippen molar-refractivity contribution in [1.82, 2.24) is 15.2 Å². The molecule has 2 aromatic rings. The number of rotatable bonds is 3. The van der Waals surface area contributed by atoms with Crippen molar-refractivity contribution in [3.05, 3.63) is 34.1 Å². The average Bonchev–Trinajstić information content (AvgIpc) is 2.77. The van der Waals surface area contributed by atoms with E-state index in [0.29, 0.717) is 15.7 Å². The minimum absolute atomic E-state index is 0.322. The largest absolute Gasteiger partial charge is 0.296 e. The second kappa shape index (κ2) is 5.20. The van der Waals surface area contributed by atoms with Crippen molar-refractivity contribution in [3.63, 3.8) is 0 Å². The summed E-state index contributed by atoms with van der Waals surface area (Å²) in [6.07, 6.45) is 3.74. The fraction of sp³-hybridized carbons (Fsp3) is 0.200. The molecule has 0 aliphatic heterocycles. The van der Waals surface area contributed by atoms with E-state index in [4.69, 9.17) is 11.6 Å². The third-order valence-electron chi connectivity index (χ3n) is 2.00. The van der Waals surface area contributed by atoms with Gasteiger partial charge in [-0.25, -0.2) is 0 Å². The summed E-state index contributed by atoms with van der Waals surface area (Å²) < 4.78 is 0. The summed E-state index contributed by atoms with van der Waals surface area (Å²) in [5.41, 5.74) is 0.322. The summed E-state index contributed by atoms with van der Waals surface area (Å²) in [7, 11) is 0. The number of nitrogens with one attached hydrogen (secondary N) is 1. The van der Waals surface area contributed by atoms with Crippen LogP contribution in [0.1, 0.15) is 22.3 Å². The van der Waals surface area contributed by atoms with E-state index in [1.165, 1.54) is 23.7 Å². The van der Waals surface area contributed by atoms with E-state index in [1.807, 2.05) is 6.92 Å². The number of nitrogens with zero attached hydrogens (tertiary/aromatic N) is 3. The summed E-state index contributed by atoms with van der Waals surface area (Å²) >= 11 is 7.23. The molecule has 2 aromatic heterocycles. The molecule has 0 bridgehead atoms. The molecule has 7 heteroatoms. The molecule has 0 aliphatic carbocycles. The van der Waals surface area contributed by atoms with E-state index in [2.05, 4.69) is 20.5 Å². The van der Waals surface area contributed by atoms with E-state index in [9.17, 15) is 4.79 Å². The van der Waals surface area contributed by atoms with Gasteiger partial charge >= 0.3 is 0 Å². The third-order valence-corrected chi connectivity index (χ3v) is 3.31. The van der Waals surface area contributed by atoms with Crippen molar-refractivity contribution in [3.8, 4) is 0 Å². The van der Waals surface area contributed by atoms with Crippen LogP contribution >= 0.6 is 22.9 Å². The normalized spacial score (nSPS) is 10.2. The Morgan fingerprint density at radius 3 is 3.00 bits per heavy atom. The molecule has 17 heavy (non-hydrogen) atoms. The van der Waals surface area contributed by atoms with Crippen LogP contribution < -0.4 is 5.32 Å². The Morgan fingerprint density at radius 2 is 2.35 bits per heavy atom. The van der Waals surface area contributed by atoms with E-state index in [-0.39, 0.29) is 5.91 Å². The average molecular weight is 269 g/mol. The Balaban J connectivity index is 2.14. The highest BCUT2D eigenvalue weighted by molar-refractivity contribution is 7.15. The Labute approximate surface area is 107 Å². The van der Waals surface area contributed by atoms with Crippen LogP contribution in [0, 0.1) is 0 Å². The minimum atomic E-state index is -0.332. The molecule has 0 aliphatic rings. The molecule has 2 heterocycles. The zero-order valence-corrected chi connectivity index (χ0v) is 10.5. The van der Waals surface area contributed by atoms with Crippen LogP contribution in [0.2, 0.25) is 5.02 Å². The number of hydrogen-bond acceptors (Lipinski definition) is 5. The van der Waals surface area contributed by atoms with Gasteiger partial charge in [-0.2, -0.15) is 0 Å². The minimum Gasteiger partial charge on any atom is -0.296 e. The quantitative estimate of drug-likeness (QED) is 0.928. The van der Waals surface area contributed by atoms with Gasteiger partial charge in [0.2, 0.25) is 5.13 Å². The molecule has 0 spiro atoms. The highest BCUT2D eigenvalue weighted by Gasteiger charge is 2.12. The predicted octanol–water partition coefficient (Wildman–Crippen LogP) is 2.40. The maximum Gasteiger partial charge on any atom is 0.260 e. The van der Waals surface area contributed by atoms with Crippen molar-refractivity contribution in [2.75, 3.05) is 5.32 Å². The van der Waals surface area contributed by atoms with Crippen LogP contribution in [0.4, 0.5) is 5.13 Å². The number of aromatic nitrogens is 3. The molecule has 0 unspecified atom stereocenters. The fourth-order valence-corrected chi connectivity index (χ4v) is 2.02. The van der Waals surface area contributed by atoms with Crippen LogP contribution in [0.3, 0.4) is 0 Å². The number of amides is 1. The lowest BCUT2D eigenvalue weighted by Gasteiger charge is -2.01. The molecule has 88 valence electrons. The number of anilines is 1. The fourth-order valence-electron chi connectivity index (χ4n) is 1.16. The van der Waals surface area contributed by atoms with E-state index >= 15 is 0 Å². The Bertz CT molecular complexity index is 543. The molecule has 1 N–H and O–H groups in total. The number of halogens is 1. The summed E-state index contributed by atoms with van der Waals surface area (Å²) in [6, 6.07) is 1.56. The first-order valence-electron chi connectivity index (χ1n) is 4.94. The molecule has 0 atom stereocenters. The molecule has 1 amide bonds. The van der Waals surface area contributed by atoms with Crippen LogP contribution in [-0.4, -0.2) is 21.1 Å². The SMILES string of the molecule is CCc1nnc(NC(=O)c2cnccc2Cl)s1. The smallest absolute Gasteiger partial charge is 0.260 e. The first kappa shape index (κ1) is 11.9. The lowest BCUT2D eigenvalue weighted by atomic mass is 10.3. The highest BCUT2D eigenvalue weighted by atomic mass is 35.5. The molecule has 0 fully saturated rings. The second-order valence-electron chi connectivity index (χ2n) is 3.16. The van der Waals surface area contributed by atoms with Crippen molar-refractivity contribution in [1.29, 1.82) is 0 Å². The van der Waals surface area contributed by atoms with Gasteiger partial charge < -0.3 is 0 Å². The van der Waals surface area contributed by atoms with Gasteiger partial charge in [0.1, 0.15) is 5.01 Å². The van der Waals surface area contributed by atoms with Crippen LogP contribution in [-0.2, 0) is 6.42 Å². The van der Waals surface area contributed by atoms with Gasteiger partial charge in [-0.3, -0.25) is 15.1 Å². The first-order chi connectivity index (χ1) is 8.20. The van der Waals surface area contributed by atoms with Gasteiger partial charge in [-0.1, -0.05) is 29.9 Å². The lowest BCUT2D eigenvalue weighted by molar-refractivity contribution is 0.102. The molecular formula is C10H9ClN4OS. The molecule has 0 aromatic carbocycles. The van der Waals surface area contributed by atoms with Gasteiger partial charge in [0.25, 0.3) is 5.91 Å². The third kappa shape index (κ3) is 2.78. The first-order valence-corrected chi connectivity index (χ1v) is 6.13. The van der Waals surface area contributed by atoms with Crippen LogP contribution in [0.25, 0.3) is 0 Å². The van der Waals surface area contributed by atoms with E-state index in [0.717, 1.165) is 11.4 Å². The molecule has 2 rings (SSSR count). The van der Waals surface area contributed by atoms with Gasteiger partial charge in [-0.15, -0.1) is 10.2 Å². The topological polar surface area (TPSA) is 67.8 Å². The van der Waals surface area contributed by atoms with E-state index in [1.54, 1.807) is 6.07 Å². The molecular weight excluding hydrogens is 260 g/mol. The van der Waals surface area contributed by atoms with Crippen molar-refractivity contribution >= 4 is 34.0 Å². The Hall–Kier alpha value is -1.53. The monoisotopic (exact) mass is 268 g/mol. The number of hydrogen-bond donors (Lipinski definition) is 1. The van der Waals surface area contributed by atoms with Gasteiger partial charge in [-0.05, 0) is 12.5 Å². The summed E-state index contributed by atoms with van der Waals surface area (Å²) in [5, 5.41) is 12.1. The summed E-state index contributed by atoms with van der Waals surface area (Å²) in [4.78, 5) is 15.7. The molecule has 0 saturated heterocycles. The molecule has 0 radical (unpaired) electrons. The Kier molecular flexibility index (Phi) is 3.65. The highest BCUT2D eigenvalue weighted by Crippen LogP contribution is 2.19. The summed E-state index contributed by atoms with van der Waals surface area (Å²) in [6.45, 7) is 1.98. The van der Waals surface area contributed by atoms with Crippen LogP contribution in [0.15, 0.2) is 18.5 Å². The number of pyridine rings is 1.